The summed E-state index contributed by atoms with van der Waals surface area (Å²) in [5.41, 5.74) is 1.69. The second-order valence-corrected chi connectivity index (χ2v) is 4.98. The Hall–Kier alpha value is -1.46. The molecule has 0 unspecified atom stereocenters. The molecule has 0 aliphatic carbocycles. The zero-order valence-corrected chi connectivity index (χ0v) is 11.7. The lowest BCUT2D eigenvalue weighted by Gasteiger charge is -2.40. The van der Waals surface area contributed by atoms with Crippen LogP contribution in [-0.4, -0.2) is 45.7 Å². The molecule has 1 saturated heterocycles. The van der Waals surface area contributed by atoms with E-state index < -0.39 is 0 Å². The fourth-order valence-corrected chi connectivity index (χ4v) is 2.22. The Labute approximate surface area is 113 Å². The van der Waals surface area contributed by atoms with E-state index in [1.807, 2.05) is 19.1 Å². The quantitative estimate of drug-likeness (QED) is 0.816. The summed E-state index contributed by atoms with van der Waals surface area (Å²) in [6.45, 7) is 3.92. The van der Waals surface area contributed by atoms with Crippen molar-refractivity contribution in [2.45, 2.75) is 6.92 Å². The monoisotopic (exact) mass is 267 g/mol. The van der Waals surface area contributed by atoms with Gasteiger partial charge in [0.15, 0.2) is 0 Å². The van der Waals surface area contributed by atoms with Gasteiger partial charge in [-0.25, -0.2) is 0 Å². The highest BCUT2D eigenvalue weighted by Crippen LogP contribution is 2.36. The van der Waals surface area contributed by atoms with E-state index in [-0.39, 0.29) is 12.0 Å². The molecule has 1 fully saturated rings. The van der Waals surface area contributed by atoms with Crippen LogP contribution in [0.25, 0.3) is 0 Å². The fraction of sp³-hybridized carbons (Fsp3) is 0.571. The van der Waals surface area contributed by atoms with Gasteiger partial charge in [0.1, 0.15) is 11.5 Å². The largest absolute Gasteiger partial charge is 0.496 e. The number of anilines is 1. The van der Waals surface area contributed by atoms with E-state index in [9.17, 15) is 5.11 Å². The first-order chi connectivity index (χ1) is 9.15. The molecule has 1 aliphatic heterocycles. The van der Waals surface area contributed by atoms with Crippen molar-refractivity contribution in [3.8, 4) is 11.5 Å². The Morgan fingerprint density at radius 1 is 1.32 bits per heavy atom. The summed E-state index contributed by atoms with van der Waals surface area (Å²) in [7, 11) is 3.28. The standard InChI is InChI=1S/C14H21NO4/c1-10-12(17-2)5-4-11(13(10)18-3)15-6-14(7-16)8-19-9-14/h4-5,15-16H,6-9H2,1-3H3. The Bertz CT molecular complexity index is 438. The maximum absolute atomic E-state index is 9.41. The molecule has 1 heterocycles. The molecule has 0 atom stereocenters. The predicted molar refractivity (Wildman–Crippen MR) is 73.1 cm³/mol. The van der Waals surface area contributed by atoms with Crippen molar-refractivity contribution in [1.82, 2.24) is 0 Å². The van der Waals surface area contributed by atoms with Crippen LogP contribution in [0.15, 0.2) is 12.1 Å². The van der Waals surface area contributed by atoms with Crippen molar-refractivity contribution in [3.63, 3.8) is 0 Å². The summed E-state index contributed by atoms with van der Waals surface area (Å²) >= 11 is 0. The maximum Gasteiger partial charge on any atom is 0.148 e. The van der Waals surface area contributed by atoms with Crippen molar-refractivity contribution in [2.75, 3.05) is 45.9 Å². The first-order valence-corrected chi connectivity index (χ1v) is 6.30. The molecule has 0 radical (unpaired) electrons. The molecule has 0 amide bonds. The molecule has 1 aromatic carbocycles. The molecule has 0 aromatic heterocycles. The van der Waals surface area contributed by atoms with Gasteiger partial charge in [-0.1, -0.05) is 0 Å². The number of hydrogen-bond donors (Lipinski definition) is 2. The van der Waals surface area contributed by atoms with Gasteiger partial charge in [-0.2, -0.15) is 0 Å². The summed E-state index contributed by atoms with van der Waals surface area (Å²) < 4.78 is 15.9. The first kappa shape index (κ1) is 14.0. The summed E-state index contributed by atoms with van der Waals surface area (Å²) in [4.78, 5) is 0. The Kier molecular flexibility index (Phi) is 4.17. The average Bonchev–Trinajstić information content (AvgIpc) is 2.38. The molecular formula is C14H21NO4. The minimum Gasteiger partial charge on any atom is -0.496 e. The van der Waals surface area contributed by atoms with Gasteiger partial charge < -0.3 is 24.6 Å². The highest BCUT2D eigenvalue weighted by atomic mass is 16.5. The molecule has 0 spiro atoms. The minimum atomic E-state index is -0.168. The van der Waals surface area contributed by atoms with E-state index in [4.69, 9.17) is 14.2 Å². The minimum absolute atomic E-state index is 0.122. The number of aliphatic hydroxyl groups is 1. The van der Waals surface area contributed by atoms with Crippen LogP contribution in [0.4, 0.5) is 5.69 Å². The number of rotatable bonds is 6. The molecule has 0 bridgehead atoms. The molecule has 1 aliphatic rings. The van der Waals surface area contributed by atoms with E-state index in [0.717, 1.165) is 22.7 Å². The molecule has 1 aromatic rings. The van der Waals surface area contributed by atoms with Gasteiger partial charge in [-0.05, 0) is 19.1 Å². The van der Waals surface area contributed by atoms with Crippen molar-refractivity contribution < 1.29 is 19.3 Å². The third-order valence-corrected chi connectivity index (χ3v) is 3.59. The van der Waals surface area contributed by atoms with Crippen molar-refractivity contribution >= 4 is 5.69 Å². The maximum atomic E-state index is 9.41. The second kappa shape index (κ2) is 5.67. The normalized spacial score (nSPS) is 16.6. The summed E-state index contributed by atoms with van der Waals surface area (Å²) in [6, 6.07) is 3.83. The van der Waals surface area contributed by atoms with Gasteiger partial charge in [-0.3, -0.25) is 0 Å². The summed E-state index contributed by atoms with van der Waals surface area (Å²) in [5.74, 6) is 1.57. The van der Waals surface area contributed by atoms with Crippen LogP contribution in [0, 0.1) is 12.3 Å². The zero-order chi connectivity index (χ0) is 13.9. The lowest BCUT2D eigenvalue weighted by Crippen LogP contribution is -2.50. The van der Waals surface area contributed by atoms with Gasteiger partial charge in [0.2, 0.25) is 0 Å². The van der Waals surface area contributed by atoms with Gasteiger partial charge in [0.05, 0.1) is 45.1 Å². The number of hydrogen-bond acceptors (Lipinski definition) is 5. The molecular weight excluding hydrogens is 246 g/mol. The van der Waals surface area contributed by atoms with Crippen LogP contribution in [0.1, 0.15) is 5.56 Å². The van der Waals surface area contributed by atoms with Crippen molar-refractivity contribution in [1.29, 1.82) is 0 Å². The molecule has 0 saturated carbocycles. The SMILES string of the molecule is COc1ccc(NCC2(CO)COC2)c(OC)c1C. The molecule has 5 heteroatoms. The van der Waals surface area contributed by atoms with E-state index in [2.05, 4.69) is 5.32 Å². The number of ether oxygens (including phenoxy) is 3. The fourth-order valence-electron chi connectivity index (χ4n) is 2.22. The van der Waals surface area contributed by atoms with Gasteiger partial charge in [-0.15, -0.1) is 0 Å². The number of aliphatic hydroxyl groups excluding tert-OH is 1. The number of benzene rings is 1. The average molecular weight is 267 g/mol. The molecule has 5 nitrogen and oxygen atoms in total. The van der Waals surface area contributed by atoms with Gasteiger partial charge >= 0.3 is 0 Å². The van der Waals surface area contributed by atoms with E-state index in [1.165, 1.54) is 0 Å². The topological polar surface area (TPSA) is 60.0 Å². The van der Waals surface area contributed by atoms with Crippen LogP contribution in [0.3, 0.4) is 0 Å². The van der Waals surface area contributed by atoms with Gasteiger partial charge in [0, 0.05) is 12.1 Å². The highest BCUT2D eigenvalue weighted by molar-refractivity contribution is 5.64. The predicted octanol–water partition coefficient (Wildman–Crippen LogP) is 1.43. The molecule has 106 valence electrons. The summed E-state index contributed by atoms with van der Waals surface area (Å²) in [5, 5.41) is 12.7. The smallest absolute Gasteiger partial charge is 0.148 e. The summed E-state index contributed by atoms with van der Waals surface area (Å²) in [6.07, 6.45) is 0. The van der Waals surface area contributed by atoms with Crippen LogP contribution in [-0.2, 0) is 4.74 Å². The van der Waals surface area contributed by atoms with Crippen molar-refractivity contribution in [2.24, 2.45) is 5.41 Å². The Morgan fingerprint density at radius 3 is 2.53 bits per heavy atom. The van der Waals surface area contributed by atoms with Crippen LogP contribution >= 0.6 is 0 Å². The lowest BCUT2D eigenvalue weighted by atomic mass is 9.87. The van der Waals surface area contributed by atoms with Crippen LogP contribution < -0.4 is 14.8 Å². The van der Waals surface area contributed by atoms with Crippen LogP contribution in [0.2, 0.25) is 0 Å². The number of nitrogens with one attached hydrogen (secondary N) is 1. The van der Waals surface area contributed by atoms with Crippen molar-refractivity contribution in [3.05, 3.63) is 17.7 Å². The number of methoxy groups -OCH3 is 2. The Morgan fingerprint density at radius 2 is 2.05 bits per heavy atom. The second-order valence-electron chi connectivity index (χ2n) is 4.98. The first-order valence-electron chi connectivity index (χ1n) is 6.30. The zero-order valence-electron chi connectivity index (χ0n) is 11.7. The third-order valence-electron chi connectivity index (χ3n) is 3.59. The lowest BCUT2D eigenvalue weighted by molar-refractivity contribution is -0.128. The third kappa shape index (κ3) is 2.62. The van der Waals surface area contributed by atoms with Gasteiger partial charge in [0.25, 0.3) is 0 Å². The Balaban J connectivity index is 2.14. The molecule has 2 N–H and O–H groups in total. The highest BCUT2D eigenvalue weighted by Gasteiger charge is 2.38. The van der Waals surface area contributed by atoms with E-state index >= 15 is 0 Å². The molecule has 19 heavy (non-hydrogen) atoms. The molecule has 2 rings (SSSR count). The van der Waals surface area contributed by atoms with E-state index in [0.29, 0.717) is 19.8 Å². The van der Waals surface area contributed by atoms with E-state index in [1.54, 1.807) is 14.2 Å². The van der Waals surface area contributed by atoms with Crippen LogP contribution in [0.5, 0.6) is 11.5 Å².